The SMILES string of the molecule is CCc1n[nH]c(CN2CCCN(C(=O)COc3ccc(F)cc3F)CC2)n1.O=CO. The Morgan fingerprint density at radius 2 is 2.07 bits per heavy atom. The number of carbonyl (C=O) groups is 2. The molecule has 1 amide bonds. The molecular formula is C19H25F2N5O4. The molecule has 30 heavy (non-hydrogen) atoms. The van der Waals surface area contributed by atoms with Crippen LogP contribution in [0.5, 0.6) is 5.75 Å². The number of ether oxygens (including phenoxy) is 1. The van der Waals surface area contributed by atoms with Crippen LogP contribution in [-0.4, -0.2) is 75.3 Å². The van der Waals surface area contributed by atoms with Crippen LogP contribution in [-0.2, 0) is 22.6 Å². The zero-order valence-corrected chi connectivity index (χ0v) is 16.7. The molecule has 0 bridgehead atoms. The second-order valence-electron chi connectivity index (χ2n) is 6.53. The average Bonchev–Trinajstić information content (AvgIpc) is 3.04. The summed E-state index contributed by atoms with van der Waals surface area (Å²) in [7, 11) is 0. The van der Waals surface area contributed by atoms with E-state index in [1.807, 2.05) is 6.92 Å². The molecule has 1 aromatic carbocycles. The summed E-state index contributed by atoms with van der Waals surface area (Å²) in [5.41, 5.74) is 0. The van der Waals surface area contributed by atoms with Crippen molar-refractivity contribution < 1.29 is 28.2 Å². The molecule has 1 fully saturated rings. The molecule has 3 rings (SSSR count). The van der Waals surface area contributed by atoms with Crippen molar-refractivity contribution in [1.29, 1.82) is 0 Å². The molecule has 11 heteroatoms. The molecule has 0 radical (unpaired) electrons. The van der Waals surface area contributed by atoms with Gasteiger partial charge >= 0.3 is 0 Å². The summed E-state index contributed by atoms with van der Waals surface area (Å²) in [6, 6.07) is 3.02. The highest BCUT2D eigenvalue weighted by Crippen LogP contribution is 2.17. The number of carbonyl (C=O) groups excluding carboxylic acids is 1. The molecule has 0 spiro atoms. The average molecular weight is 425 g/mol. The Balaban J connectivity index is 0.00000101. The van der Waals surface area contributed by atoms with Crippen molar-refractivity contribution >= 4 is 12.4 Å². The van der Waals surface area contributed by atoms with E-state index >= 15 is 0 Å². The molecule has 164 valence electrons. The van der Waals surface area contributed by atoms with Crippen LogP contribution in [0.2, 0.25) is 0 Å². The Labute approximate surface area is 172 Å². The first-order valence-corrected chi connectivity index (χ1v) is 9.52. The lowest BCUT2D eigenvalue weighted by molar-refractivity contribution is -0.133. The van der Waals surface area contributed by atoms with Crippen LogP contribution in [0.15, 0.2) is 18.2 Å². The minimum absolute atomic E-state index is 0.127. The van der Waals surface area contributed by atoms with E-state index in [-0.39, 0.29) is 24.7 Å². The highest BCUT2D eigenvalue weighted by Gasteiger charge is 2.20. The van der Waals surface area contributed by atoms with E-state index in [4.69, 9.17) is 14.6 Å². The summed E-state index contributed by atoms with van der Waals surface area (Å²) in [5.74, 6) is -0.227. The predicted molar refractivity (Wildman–Crippen MR) is 103 cm³/mol. The van der Waals surface area contributed by atoms with Crippen LogP contribution < -0.4 is 4.74 Å². The lowest BCUT2D eigenvalue weighted by atomic mass is 10.3. The van der Waals surface area contributed by atoms with Crippen molar-refractivity contribution in [3.8, 4) is 5.75 Å². The molecule has 9 nitrogen and oxygen atoms in total. The van der Waals surface area contributed by atoms with Crippen molar-refractivity contribution in [3.05, 3.63) is 41.5 Å². The third kappa shape index (κ3) is 7.07. The summed E-state index contributed by atoms with van der Waals surface area (Å²) in [6.45, 7) is 4.86. The molecule has 2 aromatic rings. The van der Waals surface area contributed by atoms with Crippen molar-refractivity contribution in [2.45, 2.75) is 26.3 Å². The molecule has 0 saturated carbocycles. The van der Waals surface area contributed by atoms with Gasteiger partial charge in [-0.05, 0) is 18.6 Å². The van der Waals surface area contributed by atoms with Gasteiger partial charge in [0.25, 0.3) is 12.4 Å². The summed E-state index contributed by atoms with van der Waals surface area (Å²) >= 11 is 0. The van der Waals surface area contributed by atoms with Crippen LogP contribution in [0, 0.1) is 11.6 Å². The zero-order chi connectivity index (χ0) is 21.9. The number of rotatable bonds is 6. The minimum atomic E-state index is -0.816. The third-order valence-corrected chi connectivity index (χ3v) is 4.45. The maximum Gasteiger partial charge on any atom is 0.290 e. The number of nitrogens with zero attached hydrogens (tertiary/aromatic N) is 4. The first-order chi connectivity index (χ1) is 14.5. The van der Waals surface area contributed by atoms with E-state index in [0.29, 0.717) is 26.2 Å². The Hall–Kier alpha value is -3.08. The second kappa shape index (κ2) is 11.8. The van der Waals surface area contributed by atoms with E-state index in [0.717, 1.165) is 43.2 Å². The summed E-state index contributed by atoms with van der Waals surface area (Å²) in [5, 5.41) is 14.0. The number of amides is 1. The van der Waals surface area contributed by atoms with Crippen LogP contribution in [0.25, 0.3) is 0 Å². The highest BCUT2D eigenvalue weighted by atomic mass is 19.1. The van der Waals surface area contributed by atoms with Crippen LogP contribution >= 0.6 is 0 Å². The highest BCUT2D eigenvalue weighted by molar-refractivity contribution is 5.77. The van der Waals surface area contributed by atoms with E-state index in [2.05, 4.69) is 20.1 Å². The number of H-pyrrole nitrogens is 1. The Kier molecular flexibility index (Phi) is 9.13. The number of halogens is 2. The van der Waals surface area contributed by atoms with E-state index in [9.17, 15) is 13.6 Å². The quantitative estimate of drug-likeness (QED) is 0.674. The lowest BCUT2D eigenvalue weighted by Crippen LogP contribution is -2.38. The zero-order valence-electron chi connectivity index (χ0n) is 16.7. The molecule has 1 aromatic heterocycles. The van der Waals surface area contributed by atoms with E-state index < -0.39 is 11.6 Å². The topological polar surface area (TPSA) is 112 Å². The maximum absolute atomic E-state index is 13.6. The van der Waals surface area contributed by atoms with Gasteiger partial charge < -0.3 is 14.7 Å². The van der Waals surface area contributed by atoms with Gasteiger partial charge in [-0.2, -0.15) is 5.10 Å². The Morgan fingerprint density at radius 3 is 2.73 bits per heavy atom. The molecule has 2 heterocycles. The minimum Gasteiger partial charge on any atom is -0.483 e. The normalized spacial score (nSPS) is 14.4. The van der Waals surface area contributed by atoms with Gasteiger partial charge in [0.05, 0.1) is 6.54 Å². The second-order valence-corrected chi connectivity index (χ2v) is 6.53. The number of hydrogen-bond acceptors (Lipinski definition) is 6. The number of carboxylic acid groups (broad SMARTS) is 1. The molecular weight excluding hydrogens is 400 g/mol. The molecule has 1 saturated heterocycles. The third-order valence-electron chi connectivity index (χ3n) is 4.45. The number of hydrogen-bond donors (Lipinski definition) is 2. The predicted octanol–water partition coefficient (Wildman–Crippen LogP) is 1.46. The van der Waals surface area contributed by atoms with Crippen molar-refractivity contribution in [3.63, 3.8) is 0 Å². The summed E-state index contributed by atoms with van der Waals surface area (Å²) in [6.07, 6.45) is 1.61. The van der Waals surface area contributed by atoms with Gasteiger partial charge in [-0.1, -0.05) is 6.92 Å². The fraction of sp³-hybridized carbons (Fsp3) is 0.474. The Bertz CT molecular complexity index is 833. The van der Waals surface area contributed by atoms with Gasteiger partial charge in [-0.25, -0.2) is 13.8 Å². The number of nitrogens with one attached hydrogen (secondary N) is 1. The fourth-order valence-electron chi connectivity index (χ4n) is 2.98. The molecule has 2 N–H and O–H groups in total. The number of aromatic nitrogens is 3. The van der Waals surface area contributed by atoms with Gasteiger partial charge in [0, 0.05) is 38.7 Å². The first-order valence-electron chi connectivity index (χ1n) is 9.52. The molecule has 0 atom stereocenters. The van der Waals surface area contributed by atoms with Crippen LogP contribution in [0.1, 0.15) is 25.0 Å². The number of aryl methyl sites for hydroxylation is 1. The van der Waals surface area contributed by atoms with Crippen molar-refractivity contribution in [1.82, 2.24) is 25.0 Å². The largest absolute Gasteiger partial charge is 0.483 e. The molecule has 1 aliphatic rings. The van der Waals surface area contributed by atoms with E-state index in [1.54, 1.807) is 4.90 Å². The van der Waals surface area contributed by atoms with E-state index in [1.165, 1.54) is 6.07 Å². The van der Waals surface area contributed by atoms with Gasteiger partial charge in [0.15, 0.2) is 18.2 Å². The van der Waals surface area contributed by atoms with Gasteiger partial charge in [-0.3, -0.25) is 19.6 Å². The van der Waals surface area contributed by atoms with Crippen LogP contribution in [0.3, 0.4) is 0 Å². The van der Waals surface area contributed by atoms with Gasteiger partial charge in [-0.15, -0.1) is 0 Å². The standard InChI is InChI=1S/C18H23F2N5O2.CH2O2/c1-2-16-21-17(23-22-16)11-24-6-3-7-25(9-8-24)18(26)12-27-15-5-4-13(19)10-14(15)20;2-1-3/h4-5,10H,2-3,6-9,11-12H2,1H3,(H,21,22,23);1H,(H,2,3). The smallest absolute Gasteiger partial charge is 0.290 e. The van der Waals surface area contributed by atoms with Crippen molar-refractivity contribution in [2.75, 3.05) is 32.8 Å². The van der Waals surface area contributed by atoms with Gasteiger partial charge in [0.2, 0.25) is 0 Å². The molecule has 1 aliphatic heterocycles. The molecule has 0 aliphatic carbocycles. The fourth-order valence-corrected chi connectivity index (χ4v) is 2.98. The summed E-state index contributed by atoms with van der Waals surface area (Å²) in [4.78, 5) is 29.1. The maximum atomic E-state index is 13.6. The molecule has 0 unspecified atom stereocenters. The van der Waals surface area contributed by atoms with Crippen molar-refractivity contribution in [2.24, 2.45) is 0 Å². The summed E-state index contributed by atoms with van der Waals surface area (Å²) < 4.78 is 31.7. The number of aromatic amines is 1. The number of benzene rings is 1. The Morgan fingerprint density at radius 1 is 1.30 bits per heavy atom. The monoisotopic (exact) mass is 425 g/mol. The van der Waals surface area contributed by atoms with Gasteiger partial charge in [0.1, 0.15) is 17.5 Å². The first kappa shape index (κ1) is 23.2. The lowest BCUT2D eigenvalue weighted by Gasteiger charge is -2.21. The van der Waals surface area contributed by atoms with Crippen LogP contribution in [0.4, 0.5) is 8.78 Å².